The molecule has 0 aliphatic heterocycles. The smallest absolute Gasteiger partial charge is 0.307 e. The first-order valence-electron chi connectivity index (χ1n) is 7.19. The predicted octanol–water partition coefficient (Wildman–Crippen LogP) is 1.48. The number of likely N-dealkylation sites (N-methyl/N-ethyl adjacent to an activating group) is 1. The number of rotatable bonds is 6. The minimum atomic E-state index is -0.823. The molecule has 0 saturated heterocycles. The van der Waals surface area contributed by atoms with Gasteiger partial charge in [-0.05, 0) is 19.9 Å². The minimum absolute atomic E-state index is 0.00647. The molecular weight excluding hydrogens is 244 g/mol. The molecule has 0 aromatic carbocycles. The van der Waals surface area contributed by atoms with Gasteiger partial charge in [-0.1, -0.05) is 32.6 Å². The molecule has 1 aliphatic rings. The van der Waals surface area contributed by atoms with Crippen molar-refractivity contribution in [3.63, 3.8) is 0 Å². The van der Waals surface area contributed by atoms with Crippen molar-refractivity contribution in [1.82, 2.24) is 10.2 Å². The van der Waals surface area contributed by atoms with Gasteiger partial charge in [-0.3, -0.25) is 14.5 Å². The van der Waals surface area contributed by atoms with Crippen LogP contribution in [-0.2, 0) is 9.59 Å². The predicted molar refractivity (Wildman–Crippen MR) is 73.9 cm³/mol. The molecule has 2 N–H and O–H groups in total. The summed E-state index contributed by atoms with van der Waals surface area (Å²) in [5, 5.41) is 11.9. The molecule has 1 atom stereocenters. The highest BCUT2D eigenvalue weighted by molar-refractivity contribution is 5.78. The second-order valence-electron chi connectivity index (χ2n) is 5.69. The standard InChI is InChI=1S/C14H26N2O3/c1-11(14(18)19)9-16(2)10-13(17)15-12-7-5-3-4-6-8-12/h11-12H,3-10H2,1-2H3,(H,15,17)(H,18,19). The first kappa shape index (κ1) is 16.0. The van der Waals surface area contributed by atoms with Crippen LogP contribution in [0.3, 0.4) is 0 Å². The maximum atomic E-state index is 11.9. The topological polar surface area (TPSA) is 69.6 Å². The lowest BCUT2D eigenvalue weighted by Gasteiger charge is -2.21. The van der Waals surface area contributed by atoms with Crippen molar-refractivity contribution < 1.29 is 14.7 Å². The Bertz CT molecular complexity index is 299. The zero-order valence-electron chi connectivity index (χ0n) is 12.0. The molecule has 1 rings (SSSR count). The number of hydrogen-bond acceptors (Lipinski definition) is 3. The molecule has 0 aromatic rings. The van der Waals surface area contributed by atoms with E-state index in [1.807, 2.05) is 0 Å². The van der Waals surface area contributed by atoms with Gasteiger partial charge in [-0.15, -0.1) is 0 Å². The van der Waals surface area contributed by atoms with Crippen LogP contribution in [0.5, 0.6) is 0 Å². The third-order valence-electron chi connectivity index (χ3n) is 3.64. The summed E-state index contributed by atoms with van der Waals surface area (Å²) >= 11 is 0. The highest BCUT2D eigenvalue weighted by Crippen LogP contribution is 2.17. The fourth-order valence-electron chi connectivity index (χ4n) is 2.55. The molecule has 1 amide bonds. The summed E-state index contributed by atoms with van der Waals surface area (Å²) in [6.45, 7) is 2.32. The van der Waals surface area contributed by atoms with Crippen molar-refractivity contribution >= 4 is 11.9 Å². The van der Waals surface area contributed by atoms with E-state index < -0.39 is 11.9 Å². The molecule has 19 heavy (non-hydrogen) atoms. The molecule has 0 spiro atoms. The van der Waals surface area contributed by atoms with Crippen molar-refractivity contribution in [3.05, 3.63) is 0 Å². The second-order valence-corrected chi connectivity index (χ2v) is 5.69. The molecule has 5 nitrogen and oxygen atoms in total. The Labute approximate surface area is 115 Å². The van der Waals surface area contributed by atoms with Crippen LogP contribution in [0.4, 0.5) is 0 Å². The van der Waals surface area contributed by atoms with Crippen molar-refractivity contribution in [2.75, 3.05) is 20.1 Å². The molecule has 0 bridgehead atoms. The minimum Gasteiger partial charge on any atom is -0.481 e. The van der Waals surface area contributed by atoms with Gasteiger partial charge in [-0.2, -0.15) is 0 Å². The van der Waals surface area contributed by atoms with E-state index in [0.29, 0.717) is 12.6 Å². The number of carbonyl (C=O) groups excluding carboxylic acids is 1. The van der Waals surface area contributed by atoms with Gasteiger partial charge in [0.25, 0.3) is 0 Å². The van der Waals surface area contributed by atoms with E-state index in [2.05, 4.69) is 5.32 Å². The van der Waals surface area contributed by atoms with E-state index >= 15 is 0 Å². The van der Waals surface area contributed by atoms with Crippen LogP contribution < -0.4 is 5.32 Å². The van der Waals surface area contributed by atoms with E-state index in [4.69, 9.17) is 5.11 Å². The Morgan fingerprint density at radius 3 is 2.37 bits per heavy atom. The van der Waals surface area contributed by atoms with Crippen molar-refractivity contribution in [3.8, 4) is 0 Å². The van der Waals surface area contributed by atoms with Gasteiger partial charge in [0.15, 0.2) is 0 Å². The van der Waals surface area contributed by atoms with Gasteiger partial charge in [0, 0.05) is 12.6 Å². The fourth-order valence-corrected chi connectivity index (χ4v) is 2.55. The Hall–Kier alpha value is -1.10. The maximum absolute atomic E-state index is 11.9. The van der Waals surface area contributed by atoms with Crippen molar-refractivity contribution in [2.45, 2.75) is 51.5 Å². The fraction of sp³-hybridized carbons (Fsp3) is 0.857. The van der Waals surface area contributed by atoms with Crippen LogP contribution in [0.15, 0.2) is 0 Å². The number of nitrogens with one attached hydrogen (secondary N) is 1. The van der Waals surface area contributed by atoms with E-state index in [0.717, 1.165) is 12.8 Å². The number of carboxylic acid groups (broad SMARTS) is 1. The van der Waals surface area contributed by atoms with E-state index in [1.165, 1.54) is 25.7 Å². The number of carbonyl (C=O) groups is 2. The summed E-state index contributed by atoms with van der Waals surface area (Å²) in [4.78, 5) is 24.4. The monoisotopic (exact) mass is 270 g/mol. The lowest BCUT2D eigenvalue weighted by molar-refractivity contribution is -0.142. The van der Waals surface area contributed by atoms with E-state index in [1.54, 1.807) is 18.9 Å². The maximum Gasteiger partial charge on any atom is 0.307 e. The number of nitrogens with zero attached hydrogens (tertiary/aromatic N) is 1. The third-order valence-corrected chi connectivity index (χ3v) is 3.64. The first-order valence-corrected chi connectivity index (χ1v) is 7.19. The molecule has 0 aromatic heterocycles. The van der Waals surface area contributed by atoms with Crippen LogP contribution in [0.2, 0.25) is 0 Å². The average Bonchev–Trinajstić information content (AvgIpc) is 2.56. The summed E-state index contributed by atoms with van der Waals surface area (Å²) in [6, 6.07) is 0.306. The number of aliphatic carboxylic acids is 1. The van der Waals surface area contributed by atoms with Crippen molar-refractivity contribution in [2.24, 2.45) is 5.92 Å². The van der Waals surface area contributed by atoms with E-state index in [9.17, 15) is 9.59 Å². The highest BCUT2D eigenvalue weighted by Gasteiger charge is 2.18. The zero-order chi connectivity index (χ0) is 14.3. The summed E-state index contributed by atoms with van der Waals surface area (Å²) in [6.07, 6.45) is 7.06. The van der Waals surface area contributed by atoms with Gasteiger partial charge < -0.3 is 10.4 Å². The Kier molecular flexibility index (Phi) is 6.84. The third kappa shape index (κ3) is 6.57. The van der Waals surface area contributed by atoms with Gasteiger partial charge in [0.05, 0.1) is 12.5 Å². The number of amides is 1. The highest BCUT2D eigenvalue weighted by atomic mass is 16.4. The number of carboxylic acids is 1. The summed E-state index contributed by atoms with van der Waals surface area (Å²) < 4.78 is 0. The second kappa shape index (κ2) is 8.15. The van der Waals surface area contributed by atoms with Gasteiger partial charge in [-0.25, -0.2) is 0 Å². The largest absolute Gasteiger partial charge is 0.481 e. The average molecular weight is 270 g/mol. The number of hydrogen-bond donors (Lipinski definition) is 2. The van der Waals surface area contributed by atoms with Crippen LogP contribution in [-0.4, -0.2) is 48.1 Å². The SMILES string of the molecule is CC(CN(C)CC(=O)NC1CCCCCC1)C(=O)O. The first-order chi connectivity index (χ1) is 8.99. The van der Waals surface area contributed by atoms with Gasteiger partial charge >= 0.3 is 5.97 Å². The van der Waals surface area contributed by atoms with Crippen LogP contribution in [0.25, 0.3) is 0 Å². The molecular formula is C14H26N2O3. The lowest BCUT2D eigenvalue weighted by Crippen LogP contribution is -2.42. The Morgan fingerprint density at radius 2 is 1.84 bits per heavy atom. The molecule has 5 heteroatoms. The van der Waals surface area contributed by atoms with Gasteiger partial charge in [0.2, 0.25) is 5.91 Å². The molecule has 1 aliphatic carbocycles. The Morgan fingerprint density at radius 1 is 1.26 bits per heavy atom. The molecule has 1 fully saturated rings. The molecule has 1 saturated carbocycles. The molecule has 0 radical (unpaired) electrons. The van der Waals surface area contributed by atoms with Crippen molar-refractivity contribution in [1.29, 1.82) is 0 Å². The zero-order valence-corrected chi connectivity index (χ0v) is 12.0. The van der Waals surface area contributed by atoms with E-state index in [-0.39, 0.29) is 12.5 Å². The van der Waals surface area contributed by atoms with Crippen LogP contribution in [0.1, 0.15) is 45.4 Å². The summed E-state index contributed by atoms with van der Waals surface area (Å²) in [5.41, 5.74) is 0. The molecule has 0 heterocycles. The van der Waals surface area contributed by atoms with Crippen LogP contribution in [0, 0.1) is 5.92 Å². The molecule has 1 unspecified atom stereocenters. The molecule has 110 valence electrons. The summed E-state index contributed by atoms with van der Waals surface area (Å²) in [7, 11) is 1.78. The quantitative estimate of drug-likeness (QED) is 0.717. The van der Waals surface area contributed by atoms with Crippen LogP contribution >= 0.6 is 0 Å². The Balaban J connectivity index is 2.27. The lowest BCUT2D eigenvalue weighted by atomic mass is 10.1. The normalized spacial score (nSPS) is 18.9. The summed E-state index contributed by atoms with van der Waals surface area (Å²) in [5.74, 6) is -1.27. The van der Waals surface area contributed by atoms with Gasteiger partial charge in [0.1, 0.15) is 0 Å².